The highest BCUT2D eigenvalue weighted by molar-refractivity contribution is 9.10. The van der Waals surface area contributed by atoms with Crippen molar-refractivity contribution in [3.8, 4) is 11.5 Å². The molecule has 4 heteroatoms. The molecule has 0 aliphatic carbocycles. The second kappa shape index (κ2) is 8.61. The van der Waals surface area contributed by atoms with Crippen LogP contribution in [0, 0.1) is 0 Å². The second-order valence-electron chi connectivity index (χ2n) is 4.08. The summed E-state index contributed by atoms with van der Waals surface area (Å²) >= 11 is 3.38. The Labute approximate surface area is 127 Å². The summed E-state index contributed by atoms with van der Waals surface area (Å²) in [6.07, 6.45) is 0. The van der Waals surface area contributed by atoms with E-state index in [0.29, 0.717) is 26.4 Å². The maximum Gasteiger partial charge on any atom is 0.119 e. The SMILES string of the molecule is Brc1ccc(OCCOCCOc2ccccc2)cc1. The quantitative estimate of drug-likeness (QED) is 0.683. The predicted octanol–water partition coefficient (Wildman–Crippen LogP) is 3.92. The average molecular weight is 337 g/mol. The molecule has 3 nitrogen and oxygen atoms in total. The van der Waals surface area contributed by atoms with E-state index in [2.05, 4.69) is 15.9 Å². The molecule has 0 radical (unpaired) electrons. The lowest BCUT2D eigenvalue weighted by Gasteiger charge is -2.08. The molecule has 0 aliphatic heterocycles. The van der Waals surface area contributed by atoms with Crippen molar-refractivity contribution in [1.29, 1.82) is 0 Å². The third kappa shape index (κ3) is 5.63. The molecule has 0 bridgehead atoms. The highest BCUT2D eigenvalue weighted by atomic mass is 79.9. The lowest BCUT2D eigenvalue weighted by atomic mass is 10.3. The summed E-state index contributed by atoms with van der Waals surface area (Å²) in [5, 5.41) is 0. The van der Waals surface area contributed by atoms with Crippen LogP contribution in [0.5, 0.6) is 11.5 Å². The molecule has 2 rings (SSSR count). The Kier molecular flexibility index (Phi) is 6.41. The number of para-hydroxylation sites is 1. The fourth-order valence-corrected chi connectivity index (χ4v) is 1.85. The van der Waals surface area contributed by atoms with Gasteiger partial charge in [-0.05, 0) is 36.4 Å². The molecule has 0 unspecified atom stereocenters. The van der Waals surface area contributed by atoms with Gasteiger partial charge in [-0.25, -0.2) is 0 Å². The normalized spacial score (nSPS) is 10.2. The van der Waals surface area contributed by atoms with Gasteiger partial charge in [0.25, 0.3) is 0 Å². The first-order valence-corrected chi connectivity index (χ1v) is 7.28. The summed E-state index contributed by atoms with van der Waals surface area (Å²) in [6, 6.07) is 17.4. The first-order chi connectivity index (χ1) is 9.84. The topological polar surface area (TPSA) is 27.7 Å². The van der Waals surface area contributed by atoms with Gasteiger partial charge in [-0.2, -0.15) is 0 Å². The van der Waals surface area contributed by atoms with E-state index in [4.69, 9.17) is 14.2 Å². The maximum atomic E-state index is 5.54. The minimum atomic E-state index is 0.535. The van der Waals surface area contributed by atoms with Crippen LogP contribution in [-0.4, -0.2) is 26.4 Å². The van der Waals surface area contributed by atoms with Crippen molar-refractivity contribution in [2.24, 2.45) is 0 Å². The van der Waals surface area contributed by atoms with Gasteiger partial charge in [0.2, 0.25) is 0 Å². The van der Waals surface area contributed by atoms with Gasteiger partial charge in [-0.1, -0.05) is 34.1 Å². The molecule has 0 spiro atoms. The van der Waals surface area contributed by atoms with Gasteiger partial charge in [0.1, 0.15) is 24.7 Å². The monoisotopic (exact) mass is 336 g/mol. The van der Waals surface area contributed by atoms with E-state index in [0.717, 1.165) is 16.0 Å². The van der Waals surface area contributed by atoms with Crippen LogP contribution in [0.15, 0.2) is 59.1 Å². The van der Waals surface area contributed by atoms with Gasteiger partial charge in [0.05, 0.1) is 13.2 Å². The molecule has 0 atom stereocenters. The van der Waals surface area contributed by atoms with Crippen LogP contribution >= 0.6 is 15.9 Å². The van der Waals surface area contributed by atoms with E-state index in [9.17, 15) is 0 Å². The molecule has 0 saturated heterocycles. The van der Waals surface area contributed by atoms with Crippen molar-refractivity contribution in [1.82, 2.24) is 0 Å². The first kappa shape index (κ1) is 14.9. The van der Waals surface area contributed by atoms with Gasteiger partial charge in [0, 0.05) is 4.47 Å². The molecule has 0 heterocycles. The Hall–Kier alpha value is -1.52. The van der Waals surface area contributed by atoms with Gasteiger partial charge < -0.3 is 14.2 Å². The first-order valence-electron chi connectivity index (χ1n) is 6.48. The summed E-state index contributed by atoms with van der Waals surface area (Å²) < 4.78 is 17.5. The molecule has 0 saturated carbocycles. The minimum Gasteiger partial charge on any atom is -0.491 e. The second-order valence-corrected chi connectivity index (χ2v) is 4.99. The molecule has 0 aromatic heterocycles. The molecule has 0 aliphatic rings. The Bertz CT molecular complexity index is 485. The van der Waals surface area contributed by atoms with E-state index < -0.39 is 0 Å². The van der Waals surface area contributed by atoms with Crippen molar-refractivity contribution >= 4 is 15.9 Å². The van der Waals surface area contributed by atoms with Gasteiger partial charge in [0.15, 0.2) is 0 Å². The van der Waals surface area contributed by atoms with Crippen LogP contribution in [0.1, 0.15) is 0 Å². The zero-order valence-corrected chi connectivity index (χ0v) is 12.7. The van der Waals surface area contributed by atoms with Crippen molar-refractivity contribution < 1.29 is 14.2 Å². The third-order valence-corrected chi connectivity index (χ3v) is 3.08. The molecule has 106 valence electrons. The summed E-state index contributed by atoms with van der Waals surface area (Å²) in [7, 11) is 0. The maximum absolute atomic E-state index is 5.54. The summed E-state index contributed by atoms with van der Waals surface area (Å²) in [4.78, 5) is 0. The number of hydrogen-bond donors (Lipinski definition) is 0. The molecular formula is C16H17BrO3. The zero-order valence-electron chi connectivity index (χ0n) is 11.1. The number of hydrogen-bond acceptors (Lipinski definition) is 3. The van der Waals surface area contributed by atoms with E-state index in [1.54, 1.807) is 0 Å². The molecule has 0 amide bonds. The highest BCUT2D eigenvalue weighted by Crippen LogP contribution is 2.15. The Morgan fingerprint density at radius 3 is 1.80 bits per heavy atom. The van der Waals surface area contributed by atoms with Crippen molar-refractivity contribution in [3.05, 3.63) is 59.1 Å². The lowest BCUT2D eigenvalue weighted by molar-refractivity contribution is 0.0764. The van der Waals surface area contributed by atoms with Crippen molar-refractivity contribution in [2.75, 3.05) is 26.4 Å². The molecule has 2 aromatic rings. The van der Waals surface area contributed by atoms with Crippen molar-refractivity contribution in [2.45, 2.75) is 0 Å². The van der Waals surface area contributed by atoms with E-state index in [1.807, 2.05) is 54.6 Å². The van der Waals surface area contributed by atoms with Gasteiger partial charge >= 0.3 is 0 Å². The Morgan fingerprint density at radius 2 is 1.20 bits per heavy atom. The lowest BCUT2D eigenvalue weighted by Crippen LogP contribution is -2.12. The third-order valence-electron chi connectivity index (χ3n) is 2.55. The summed E-state index contributed by atoms with van der Waals surface area (Å²) in [6.45, 7) is 2.18. The van der Waals surface area contributed by atoms with Crippen LogP contribution in [0.25, 0.3) is 0 Å². The molecule has 0 N–H and O–H groups in total. The summed E-state index contributed by atoms with van der Waals surface area (Å²) in [5.41, 5.74) is 0. The van der Waals surface area contributed by atoms with Gasteiger partial charge in [-0.15, -0.1) is 0 Å². The van der Waals surface area contributed by atoms with Crippen LogP contribution in [0.2, 0.25) is 0 Å². The van der Waals surface area contributed by atoms with Crippen LogP contribution in [0.4, 0.5) is 0 Å². The van der Waals surface area contributed by atoms with E-state index in [-0.39, 0.29) is 0 Å². The van der Waals surface area contributed by atoms with E-state index in [1.165, 1.54) is 0 Å². The van der Waals surface area contributed by atoms with Crippen LogP contribution in [0.3, 0.4) is 0 Å². The van der Waals surface area contributed by atoms with E-state index >= 15 is 0 Å². The van der Waals surface area contributed by atoms with Crippen LogP contribution in [-0.2, 0) is 4.74 Å². The molecule has 20 heavy (non-hydrogen) atoms. The number of halogens is 1. The fraction of sp³-hybridized carbons (Fsp3) is 0.250. The van der Waals surface area contributed by atoms with Crippen LogP contribution < -0.4 is 9.47 Å². The highest BCUT2D eigenvalue weighted by Gasteiger charge is 1.95. The number of rotatable bonds is 8. The molecule has 2 aromatic carbocycles. The van der Waals surface area contributed by atoms with Crippen molar-refractivity contribution in [3.63, 3.8) is 0 Å². The molecular weight excluding hydrogens is 320 g/mol. The number of benzene rings is 2. The standard InChI is InChI=1S/C16H17BrO3/c17-14-6-8-16(9-7-14)20-13-11-18-10-12-19-15-4-2-1-3-5-15/h1-9H,10-13H2. The largest absolute Gasteiger partial charge is 0.491 e. The fourth-order valence-electron chi connectivity index (χ4n) is 1.59. The zero-order chi connectivity index (χ0) is 14.0. The predicted molar refractivity (Wildman–Crippen MR) is 82.4 cm³/mol. The minimum absolute atomic E-state index is 0.535. The Morgan fingerprint density at radius 1 is 0.650 bits per heavy atom. The summed E-state index contributed by atoms with van der Waals surface area (Å²) in [5.74, 6) is 1.71. The molecule has 0 fully saturated rings. The Balaban J connectivity index is 1.51. The average Bonchev–Trinajstić information content (AvgIpc) is 2.49. The number of ether oxygens (including phenoxy) is 3. The smallest absolute Gasteiger partial charge is 0.119 e. The van der Waals surface area contributed by atoms with Gasteiger partial charge in [-0.3, -0.25) is 0 Å².